The van der Waals surface area contributed by atoms with Crippen LogP contribution >= 0.6 is 11.3 Å². The molecule has 7 heteroatoms. The zero-order valence-electron chi connectivity index (χ0n) is 15.0. The molecule has 4 aromatic rings. The highest BCUT2D eigenvalue weighted by molar-refractivity contribution is 7.22. The standard InChI is InChI=1S/C21H16FN3O2S/c1-13-4-2-6-17-18(13)23-21(28-17)24-19(26)16-5-3-11-25(20(16)27)12-14-7-9-15(22)10-8-14/h2-11H,12H2,1H3,(H,23,24,26). The molecule has 2 aromatic carbocycles. The molecule has 5 nitrogen and oxygen atoms in total. The highest BCUT2D eigenvalue weighted by atomic mass is 32.1. The molecule has 0 saturated carbocycles. The summed E-state index contributed by atoms with van der Waals surface area (Å²) in [6.07, 6.45) is 1.60. The Kier molecular flexibility index (Phi) is 4.75. The lowest BCUT2D eigenvalue weighted by Gasteiger charge is -2.08. The number of para-hydroxylation sites is 1. The number of fused-ring (bicyclic) bond motifs is 1. The van der Waals surface area contributed by atoms with Gasteiger partial charge >= 0.3 is 0 Å². The van der Waals surface area contributed by atoms with E-state index in [2.05, 4.69) is 10.3 Å². The number of carbonyl (C=O) groups excluding carboxylic acids is 1. The SMILES string of the molecule is Cc1cccc2sc(NC(=O)c3cccn(Cc4ccc(F)cc4)c3=O)nc12. The molecular formula is C21H16FN3O2S. The quantitative estimate of drug-likeness (QED) is 0.565. The van der Waals surface area contributed by atoms with Crippen LogP contribution in [0.5, 0.6) is 0 Å². The number of hydrogen-bond acceptors (Lipinski definition) is 4. The van der Waals surface area contributed by atoms with E-state index in [1.54, 1.807) is 24.4 Å². The van der Waals surface area contributed by atoms with Crippen molar-refractivity contribution in [1.82, 2.24) is 9.55 Å². The third-order valence-electron chi connectivity index (χ3n) is 4.37. The van der Waals surface area contributed by atoms with Crippen LogP contribution in [0.4, 0.5) is 9.52 Å². The summed E-state index contributed by atoms with van der Waals surface area (Å²) in [6.45, 7) is 2.21. The molecule has 4 rings (SSSR count). The Morgan fingerprint density at radius 2 is 1.93 bits per heavy atom. The maximum Gasteiger partial charge on any atom is 0.263 e. The minimum Gasteiger partial charge on any atom is -0.310 e. The van der Waals surface area contributed by atoms with Gasteiger partial charge in [0.15, 0.2) is 5.13 Å². The van der Waals surface area contributed by atoms with Gasteiger partial charge in [-0.1, -0.05) is 35.6 Å². The number of carbonyl (C=O) groups is 1. The third kappa shape index (κ3) is 3.57. The Bertz CT molecular complexity index is 1230. The van der Waals surface area contributed by atoms with E-state index < -0.39 is 11.5 Å². The van der Waals surface area contributed by atoms with Crippen LogP contribution in [0, 0.1) is 12.7 Å². The fourth-order valence-corrected chi connectivity index (χ4v) is 3.86. The van der Waals surface area contributed by atoms with E-state index in [0.717, 1.165) is 21.3 Å². The first kappa shape index (κ1) is 18.1. The van der Waals surface area contributed by atoms with Gasteiger partial charge in [0.05, 0.1) is 16.8 Å². The van der Waals surface area contributed by atoms with E-state index in [4.69, 9.17) is 0 Å². The average molecular weight is 393 g/mol. The molecule has 0 saturated heterocycles. The van der Waals surface area contributed by atoms with Crippen LogP contribution in [0.25, 0.3) is 10.2 Å². The molecule has 28 heavy (non-hydrogen) atoms. The van der Waals surface area contributed by atoms with Crippen LogP contribution < -0.4 is 10.9 Å². The molecule has 1 N–H and O–H groups in total. The van der Waals surface area contributed by atoms with Gasteiger partial charge in [0.25, 0.3) is 11.5 Å². The second kappa shape index (κ2) is 7.36. The lowest BCUT2D eigenvalue weighted by molar-refractivity contribution is 0.102. The number of pyridine rings is 1. The molecule has 1 amide bonds. The number of amides is 1. The maximum absolute atomic E-state index is 13.1. The Morgan fingerprint density at radius 1 is 1.14 bits per heavy atom. The van der Waals surface area contributed by atoms with Crippen LogP contribution in [0.1, 0.15) is 21.5 Å². The number of hydrogen-bond donors (Lipinski definition) is 1. The zero-order valence-corrected chi connectivity index (χ0v) is 15.8. The Balaban J connectivity index is 1.59. The first-order chi connectivity index (χ1) is 13.5. The zero-order chi connectivity index (χ0) is 19.7. The van der Waals surface area contributed by atoms with Crippen molar-refractivity contribution in [1.29, 1.82) is 0 Å². The molecule has 140 valence electrons. The number of nitrogens with one attached hydrogen (secondary N) is 1. The summed E-state index contributed by atoms with van der Waals surface area (Å²) in [5.74, 6) is -0.842. The van der Waals surface area contributed by atoms with E-state index in [9.17, 15) is 14.0 Å². The van der Waals surface area contributed by atoms with Crippen molar-refractivity contribution in [3.63, 3.8) is 0 Å². The normalized spacial score (nSPS) is 10.9. The Labute approximate surface area is 164 Å². The van der Waals surface area contributed by atoms with E-state index >= 15 is 0 Å². The van der Waals surface area contributed by atoms with E-state index in [-0.39, 0.29) is 17.9 Å². The van der Waals surface area contributed by atoms with Crippen LogP contribution in [-0.2, 0) is 6.54 Å². The fourth-order valence-electron chi connectivity index (χ4n) is 2.92. The number of benzene rings is 2. The van der Waals surface area contributed by atoms with Gasteiger partial charge in [0.2, 0.25) is 0 Å². The second-order valence-electron chi connectivity index (χ2n) is 6.38. The molecule has 0 aliphatic heterocycles. The molecule has 0 bridgehead atoms. The Hall–Kier alpha value is -3.32. The highest BCUT2D eigenvalue weighted by Crippen LogP contribution is 2.28. The number of aryl methyl sites for hydroxylation is 1. The lowest BCUT2D eigenvalue weighted by Crippen LogP contribution is -2.29. The minimum atomic E-state index is -0.504. The third-order valence-corrected chi connectivity index (χ3v) is 5.31. The summed E-state index contributed by atoms with van der Waals surface area (Å²) < 4.78 is 15.4. The van der Waals surface area contributed by atoms with Crippen molar-refractivity contribution in [2.24, 2.45) is 0 Å². The van der Waals surface area contributed by atoms with E-state index in [1.165, 1.54) is 34.1 Å². The fraction of sp³-hybridized carbons (Fsp3) is 0.0952. The molecule has 0 aliphatic rings. The molecule has 0 unspecified atom stereocenters. The number of aromatic nitrogens is 2. The van der Waals surface area contributed by atoms with Gasteiger partial charge in [0.1, 0.15) is 11.4 Å². The first-order valence-electron chi connectivity index (χ1n) is 8.63. The van der Waals surface area contributed by atoms with Gasteiger partial charge in [-0.15, -0.1) is 0 Å². The molecule has 2 aromatic heterocycles. The largest absolute Gasteiger partial charge is 0.310 e. The van der Waals surface area contributed by atoms with Crippen LogP contribution in [0.15, 0.2) is 65.6 Å². The van der Waals surface area contributed by atoms with Gasteiger partial charge in [-0.3, -0.25) is 14.9 Å². The summed E-state index contributed by atoms with van der Waals surface area (Å²) in [5, 5.41) is 3.17. The number of halogens is 1. The number of rotatable bonds is 4. The summed E-state index contributed by atoms with van der Waals surface area (Å²) in [5.41, 5.74) is 2.24. The summed E-state index contributed by atoms with van der Waals surface area (Å²) in [7, 11) is 0. The van der Waals surface area contributed by atoms with Crippen molar-refractivity contribution in [2.45, 2.75) is 13.5 Å². The van der Waals surface area contributed by atoms with Gasteiger partial charge in [-0.05, 0) is 48.4 Å². The smallest absolute Gasteiger partial charge is 0.263 e. The summed E-state index contributed by atoms with van der Waals surface area (Å²) >= 11 is 1.36. The molecular weight excluding hydrogens is 377 g/mol. The highest BCUT2D eigenvalue weighted by Gasteiger charge is 2.15. The molecule has 0 fully saturated rings. The maximum atomic E-state index is 13.1. The average Bonchev–Trinajstić information content (AvgIpc) is 3.09. The van der Waals surface area contributed by atoms with Gasteiger partial charge < -0.3 is 4.57 Å². The molecule has 0 aliphatic carbocycles. The van der Waals surface area contributed by atoms with E-state index in [1.807, 2.05) is 25.1 Å². The lowest BCUT2D eigenvalue weighted by atomic mass is 10.2. The summed E-state index contributed by atoms with van der Waals surface area (Å²) in [4.78, 5) is 29.8. The predicted molar refractivity (Wildman–Crippen MR) is 109 cm³/mol. The topological polar surface area (TPSA) is 64.0 Å². The molecule has 0 atom stereocenters. The Morgan fingerprint density at radius 3 is 2.68 bits per heavy atom. The van der Waals surface area contributed by atoms with Crippen molar-refractivity contribution in [2.75, 3.05) is 5.32 Å². The van der Waals surface area contributed by atoms with Crippen molar-refractivity contribution in [3.8, 4) is 0 Å². The molecule has 0 radical (unpaired) electrons. The van der Waals surface area contributed by atoms with Crippen molar-refractivity contribution in [3.05, 3.63) is 93.7 Å². The van der Waals surface area contributed by atoms with Gasteiger partial charge in [-0.2, -0.15) is 0 Å². The van der Waals surface area contributed by atoms with Crippen LogP contribution in [-0.4, -0.2) is 15.5 Å². The van der Waals surface area contributed by atoms with E-state index in [0.29, 0.717) is 5.13 Å². The van der Waals surface area contributed by atoms with Crippen LogP contribution in [0.2, 0.25) is 0 Å². The predicted octanol–water partition coefficient (Wildman–Crippen LogP) is 4.21. The van der Waals surface area contributed by atoms with Gasteiger partial charge in [-0.25, -0.2) is 9.37 Å². The molecule has 0 spiro atoms. The first-order valence-corrected chi connectivity index (χ1v) is 9.44. The second-order valence-corrected chi connectivity index (χ2v) is 7.41. The van der Waals surface area contributed by atoms with Crippen LogP contribution in [0.3, 0.4) is 0 Å². The number of anilines is 1. The van der Waals surface area contributed by atoms with Crippen molar-refractivity contribution >= 4 is 32.6 Å². The monoisotopic (exact) mass is 393 g/mol. The molecule has 2 heterocycles. The number of thiazole rings is 1. The number of nitrogens with zero attached hydrogens (tertiary/aromatic N) is 2. The van der Waals surface area contributed by atoms with Gasteiger partial charge in [0, 0.05) is 6.20 Å². The minimum absolute atomic E-state index is 0.0283. The van der Waals surface area contributed by atoms with Crippen molar-refractivity contribution < 1.29 is 9.18 Å². The summed E-state index contributed by atoms with van der Waals surface area (Å²) in [6, 6.07) is 14.9.